The zero-order valence-corrected chi connectivity index (χ0v) is 17.1. The number of fused-ring (bicyclic) bond motifs is 2. The normalized spacial score (nSPS) is 20.8. The average molecular weight is 428 g/mol. The van der Waals surface area contributed by atoms with E-state index >= 15 is 0 Å². The number of sulfone groups is 1. The Balaban J connectivity index is 1.39. The van der Waals surface area contributed by atoms with Gasteiger partial charge in [-0.3, -0.25) is 4.79 Å². The molecule has 9 heteroatoms. The second-order valence-electron chi connectivity index (χ2n) is 7.63. The maximum Gasteiger partial charge on any atom is 0.223 e. The molecule has 1 aromatic heterocycles. The maximum atomic E-state index is 13.3. The Morgan fingerprint density at radius 2 is 1.93 bits per heavy atom. The molecule has 0 N–H and O–H groups in total. The number of hydrogen-bond acceptors (Lipinski definition) is 6. The largest absolute Gasteiger partial charge is 0.347 e. The summed E-state index contributed by atoms with van der Waals surface area (Å²) in [6, 6.07) is 10.7. The molecule has 2 fully saturated rings. The minimum absolute atomic E-state index is 0.105. The van der Waals surface area contributed by atoms with Gasteiger partial charge in [-0.1, -0.05) is 6.07 Å². The van der Waals surface area contributed by atoms with Crippen LogP contribution in [0, 0.1) is 17.1 Å². The van der Waals surface area contributed by atoms with Crippen LogP contribution in [0.2, 0.25) is 0 Å². The molecule has 2 aromatic rings. The number of anilines is 1. The third kappa shape index (κ3) is 4.00. The number of amides is 1. The van der Waals surface area contributed by atoms with Gasteiger partial charge in [-0.15, -0.1) is 0 Å². The van der Waals surface area contributed by atoms with E-state index < -0.39 is 15.7 Å². The second-order valence-corrected chi connectivity index (χ2v) is 9.74. The molecule has 1 amide bonds. The van der Waals surface area contributed by atoms with E-state index in [9.17, 15) is 17.6 Å². The summed E-state index contributed by atoms with van der Waals surface area (Å²) in [7, 11) is -3.72. The van der Waals surface area contributed by atoms with Crippen molar-refractivity contribution in [3.8, 4) is 6.07 Å². The number of benzene rings is 1. The van der Waals surface area contributed by atoms with Crippen molar-refractivity contribution in [2.24, 2.45) is 0 Å². The van der Waals surface area contributed by atoms with Gasteiger partial charge in [-0.2, -0.15) is 5.26 Å². The first kappa shape index (κ1) is 20.3. The van der Waals surface area contributed by atoms with Crippen LogP contribution in [0.4, 0.5) is 10.2 Å². The summed E-state index contributed by atoms with van der Waals surface area (Å²) < 4.78 is 38.2. The number of likely N-dealkylation sites (tertiary alicyclic amines) is 1. The van der Waals surface area contributed by atoms with Gasteiger partial charge in [0, 0.05) is 37.8 Å². The minimum Gasteiger partial charge on any atom is -0.347 e. The smallest absolute Gasteiger partial charge is 0.223 e. The van der Waals surface area contributed by atoms with Gasteiger partial charge in [-0.05, 0) is 43.2 Å². The number of nitrogens with zero attached hydrogens (tertiary/aromatic N) is 4. The van der Waals surface area contributed by atoms with Crippen molar-refractivity contribution in [1.82, 2.24) is 9.88 Å². The van der Waals surface area contributed by atoms with E-state index in [-0.39, 0.29) is 35.1 Å². The predicted octanol–water partition coefficient (Wildman–Crippen LogP) is 2.14. The Morgan fingerprint density at radius 1 is 1.20 bits per heavy atom. The van der Waals surface area contributed by atoms with Crippen LogP contribution < -0.4 is 4.90 Å². The molecule has 2 saturated heterocycles. The quantitative estimate of drug-likeness (QED) is 0.724. The van der Waals surface area contributed by atoms with Gasteiger partial charge in [-0.25, -0.2) is 17.8 Å². The van der Waals surface area contributed by atoms with Crippen LogP contribution in [0.3, 0.4) is 0 Å². The molecule has 2 unspecified atom stereocenters. The number of rotatable bonds is 5. The fourth-order valence-electron chi connectivity index (χ4n) is 4.24. The lowest BCUT2D eigenvalue weighted by molar-refractivity contribution is -0.131. The van der Waals surface area contributed by atoms with E-state index in [0.29, 0.717) is 18.7 Å². The molecule has 0 aliphatic carbocycles. The van der Waals surface area contributed by atoms with E-state index in [0.717, 1.165) is 24.7 Å². The van der Waals surface area contributed by atoms with Crippen LogP contribution >= 0.6 is 0 Å². The highest BCUT2D eigenvalue weighted by molar-refractivity contribution is 7.91. The SMILES string of the molecule is N#Cc1ccc(N2C3CCC2CN(C(=O)CCS(=O)(=O)c2cccc(F)c2)C3)nc1. The third-order valence-corrected chi connectivity index (χ3v) is 7.43. The molecular formula is C21H21FN4O3S. The molecule has 2 atom stereocenters. The molecule has 30 heavy (non-hydrogen) atoms. The molecule has 0 saturated carbocycles. The Morgan fingerprint density at radius 3 is 2.53 bits per heavy atom. The zero-order chi connectivity index (χ0) is 21.3. The third-order valence-electron chi connectivity index (χ3n) is 5.72. The summed E-state index contributed by atoms with van der Waals surface area (Å²) in [5.74, 6) is -0.379. The van der Waals surface area contributed by atoms with Crippen LogP contribution in [-0.4, -0.2) is 55.1 Å². The number of piperazine rings is 1. The van der Waals surface area contributed by atoms with E-state index in [1.807, 2.05) is 6.07 Å². The number of nitriles is 1. The Hall–Kier alpha value is -2.99. The van der Waals surface area contributed by atoms with Gasteiger partial charge in [0.25, 0.3) is 0 Å². The van der Waals surface area contributed by atoms with Gasteiger partial charge in [0.2, 0.25) is 5.91 Å². The van der Waals surface area contributed by atoms with Gasteiger partial charge in [0.1, 0.15) is 17.7 Å². The van der Waals surface area contributed by atoms with Crippen molar-refractivity contribution >= 4 is 21.6 Å². The van der Waals surface area contributed by atoms with Gasteiger partial charge in [0.15, 0.2) is 9.84 Å². The molecule has 1 aromatic carbocycles. The maximum absolute atomic E-state index is 13.3. The zero-order valence-electron chi connectivity index (χ0n) is 16.2. The summed E-state index contributed by atoms with van der Waals surface area (Å²) in [4.78, 5) is 20.9. The number of carbonyl (C=O) groups is 1. The number of hydrogen-bond donors (Lipinski definition) is 0. The Kier molecular flexibility index (Phi) is 5.43. The van der Waals surface area contributed by atoms with Crippen molar-refractivity contribution < 1.29 is 17.6 Å². The molecule has 2 aliphatic heterocycles. The van der Waals surface area contributed by atoms with Crippen molar-refractivity contribution in [3.05, 3.63) is 54.0 Å². The molecule has 2 bridgehead atoms. The summed E-state index contributed by atoms with van der Waals surface area (Å²) in [5, 5.41) is 8.94. The molecule has 156 valence electrons. The fourth-order valence-corrected chi connectivity index (χ4v) is 5.50. The molecule has 3 heterocycles. The first-order chi connectivity index (χ1) is 14.4. The number of pyridine rings is 1. The van der Waals surface area contributed by atoms with Crippen LogP contribution in [0.25, 0.3) is 0 Å². The van der Waals surface area contributed by atoms with Crippen LogP contribution in [0.1, 0.15) is 24.8 Å². The first-order valence-corrected chi connectivity index (χ1v) is 11.4. The lowest BCUT2D eigenvalue weighted by Gasteiger charge is -2.41. The molecular weight excluding hydrogens is 407 g/mol. The predicted molar refractivity (Wildman–Crippen MR) is 108 cm³/mol. The van der Waals surface area contributed by atoms with Crippen molar-refractivity contribution in [1.29, 1.82) is 5.26 Å². The van der Waals surface area contributed by atoms with E-state index in [1.54, 1.807) is 17.2 Å². The molecule has 0 radical (unpaired) electrons. The van der Waals surface area contributed by atoms with Gasteiger partial charge >= 0.3 is 0 Å². The molecule has 7 nitrogen and oxygen atoms in total. The standard InChI is InChI=1S/C21H21FN4O3S/c22-16-2-1-3-19(10-16)30(28,29)9-8-21(27)25-13-17-5-6-18(14-25)26(17)20-7-4-15(11-23)12-24-20/h1-4,7,10,12,17-18H,5-6,8-9,13-14H2. The van der Waals surface area contributed by atoms with E-state index in [2.05, 4.69) is 16.0 Å². The summed E-state index contributed by atoms with van der Waals surface area (Å²) in [6.07, 6.45) is 3.27. The highest BCUT2D eigenvalue weighted by Crippen LogP contribution is 2.34. The Bertz CT molecular complexity index is 1080. The molecule has 4 rings (SSSR count). The number of halogens is 1. The van der Waals surface area contributed by atoms with Crippen LogP contribution in [-0.2, 0) is 14.6 Å². The van der Waals surface area contributed by atoms with Gasteiger partial charge in [0.05, 0.1) is 16.2 Å². The topological polar surface area (TPSA) is 94.4 Å². The van der Waals surface area contributed by atoms with Crippen molar-refractivity contribution in [3.63, 3.8) is 0 Å². The fraction of sp³-hybridized carbons (Fsp3) is 0.381. The van der Waals surface area contributed by atoms with Gasteiger partial charge < -0.3 is 9.80 Å². The highest BCUT2D eigenvalue weighted by Gasteiger charge is 2.42. The van der Waals surface area contributed by atoms with Crippen molar-refractivity contribution in [2.75, 3.05) is 23.7 Å². The monoisotopic (exact) mass is 428 g/mol. The van der Waals surface area contributed by atoms with Crippen LogP contribution in [0.15, 0.2) is 47.5 Å². The number of carbonyl (C=O) groups excluding carboxylic acids is 1. The summed E-state index contributed by atoms with van der Waals surface area (Å²) in [6.45, 7) is 1.02. The summed E-state index contributed by atoms with van der Waals surface area (Å²) in [5.41, 5.74) is 0.499. The average Bonchev–Trinajstić information content (AvgIpc) is 3.01. The van der Waals surface area contributed by atoms with Crippen molar-refractivity contribution in [2.45, 2.75) is 36.2 Å². The summed E-state index contributed by atoms with van der Waals surface area (Å²) >= 11 is 0. The molecule has 2 aliphatic rings. The highest BCUT2D eigenvalue weighted by atomic mass is 32.2. The Labute approximate surface area is 174 Å². The lowest BCUT2D eigenvalue weighted by atomic mass is 10.1. The molecule has 0 spiro atoms. The van der Waals surface area contributed by atoms with Crippen LogP contribution in [0.5, 0.6) is 0 Å². The van der Waals surface area contributed by atoms with E-state index in [4.69, 9.17) is 5.26 Å². The number of aromatic nitrogens is 1. The second kappa shape index (κ2) is 8.03. The minimum atomic E-state index is -3.72. The first-order valence-electron chi connectivity index (χ1n) is 9.78. The lowest BCUT2D eigenvalue weighted by Crippen LogP contribution is -2.55. The van der Waals surface area contributed by atoms with E-state index in [1.165, 1.54) is 18.2 Å².